The molecule has 0 spiro atoms. The molecule has 4 rings (SSSR count). The molecule has 0 atom stereocenters. The van der Waals surface area contributed by atoms with Gasteiger partial charge >= 0.3 is 0 Å². The van der Waals surface area contributed by atoms with Gasteiger partial charge in [0.05, 0.1) is 16.6 Å². The number of aromatic nitrogens is 2. The zero-order valence-corrected chi connectivity index (χ0v) is 17.0. The highest BCUT2D eigenvalue weighted by Crippen LogP contribution is 2.17. The summed E-state index contributed by atoms with van der Waals surface area (Å²) in [6, 6.07) is 23.6. The van der Waals surface area contributed by atoms with Crippen molar-refractivity contribution in [3.05, 3.63) is 106 Å². The first-order valence-corrected chi connectivity index (χ1v) is 9.86. The first kappa shape index (κ1) is 19.7. The molecule has 148 valence electrons. The fraction of sp³-hybridized carbons (Fsp3) is 0.0870. The number of hydrogen-bond donors (Lipinski definition) is 0. The van der Waals surface area contributed by atoms with Crippen molar-refractivity contribution < 1.29 is 0 Å². The highest BCUT2D eigenvalue weighted by molar-refractivity contribution is 6.30. The summed E-state index contributed by atoms with van der Waals surface area (Å²) >= 11 is 5.94. The Morgan fingerprint density at radius 2 is 1.67 bits per heavy atom. The number of nitrogens with zero attached hydrogens (tertiary/aromatic N) is 5. The Bertz CT molecular complexity index is 1290. The second-order valence-corrected chi connectivity index (χ2v) is 6.92. The second kappa shape index (κ2) is 8.80. The summed E-state index contributed by atoms with van der Waals surface area (Å²) in [6.45, 7) is 1.93. The van der Waals surface area contributed by atoms with E-state index in [0.717, 1.165) is 5.56 Å². The SMILES string of the molecule is CCc1nc2ccccc2c(=O)n1N=C(N=Nc1ccc(Cl)cc1)c1ccccc1. The Morgan fingerprint density at radius 3 is 2.40 bits per heavy atom. The Morgan fingerprint density at radius 1 is 0.967 bits per heavy atom. The molecule has 0 aliphatic carbocycles. The van der Waals surface area contributed by atoms with Crippen LogP contribution in [0, 0.1) is 0 Å². The van der Waals surface area contributed by atoms with Gasteiger partial charge < -0.3 is 0 Å². The van der Waals surface area contributed by atoms with E-state index in [0.29, 0.717) is 39.7 Å². The van der Waals surface area contributed by atoms with E-state index in [9.17, 15) is 4.79 Å². The maximum atomic E-state index is 13.1. The van der Waals surface area contributed by atoms with Gasteiger partial charge in [0, 0.05) is 17.0 Å². The van der Waals surface area contributed by atoms with Crippen LogP contribution in [-0.4, -0.2) is 15.5 Å². The molecule has 0 amide bonds. The largest absolute Gasteiger partial charge is 0.282 e. The van der Waals surface area contributed by atoms with Crippen LogP contribution in [-0.2, 0) is 6.42 Å². The van der Waals surface area contributed by atoms with Crippen LogP contribution < -0.4 is 5.56 Å². The average Bonchev–Trinajstić information content (AvgIpc) is 2.79. The molecule has 6 nitrogen and oxygen atoms in total. The molecule has 4 aromatic rings. The molecule has 0 unspecified atom stereocenters. The van der Waals surface area contributed by atoms with Gasteiger partial charge in [-0.3, -0.25) is 4.79 Å². The lowest BCUT2D eigenvalue weighted by Crippen LogP contribution is -2.23. The number of rotatable bonds is 4. The number of amidine groups is 1. The van der Waals surface area contributed by atoms with Crippen LogP contribution in [0.1, 0.15) is 18.3 Å². The van der Waals surface area contributed by atoms with Crippen molar-refractivity contribution in [1.82, 2.24) is 9.66 Å². The van der Waals surface area contributed by atoms with Crippen molar-refractivity contribution in [3.8, 4) is 0 Å². The third kappa shape index (κ3) is 4.18. The van der Waals surface area contributed by atoms with Crippen LogP contribution in [0.15, 0.2) is 99.0 Å². The third-order valence-corrected chi connectivity index (χ3v) is 4.70. The Labute approximate surface area is 178 Å². The molecule has 30 heavy (non-hydrogen) atoms. The standard InChI is InChI=1S/C23H18ClN5O/c1-2-21-25-20-11-7-6-10-19(20)23(30)29(21)28-22(16-8-4-3-5-9-16)27-26-18-14-12-17(24)13-15-18/h3-15H,2H2,1H3. The minimum atomic E-state index is -0.243. The van der Waals surface area contributed by atoms with E-state index in [1.54, 1.807) is 30.3 Å². The zero-order chi connectivity index (χ0) is 20.9. The number of hydrogen-bond acceptors (Lipinski definition) is 4. The van der Waals surface area contributed by atoms with E-state index in [1.165, 1.54) is 4.68 Å². The van der Waals surface area contributed by atoms with Crippen molar-refractivity contribution in [3.63, 3.8) is 0 Å². The predicted molar refractivity (Wildman–Crippen MR) is 120 cm³/mol. The lowest BCUT2D eigenvalue weighted by Gasteiger charge is -2.09. The van der Waals surface area contributed by atoms with Gasteiger partial charge in [-0.25, -0.2) is 4.98 Å². The van der Waals surface area contributed by atoms with Crippen LogP contribution in [0.4, 0.5) is 5.69 Å². The molecule has 0 N–H and O–H groups in total. The number of para-hydroxylation sites is 1. The van der Waals surface area contributed by atoms with Gasteiger partial charge in [0.1, 0.15) is 5.82 Å². The van der Waals surface area contributed by atoms with E-state index in [-0.39, 0.29) is 5.56 Å². The van der Waals surface area contributed by atoms with Crippen molar-refractivity contribution in [2.24, 2.45) is 15.3 Å². The Hall–Kier alpha value is -3.64. The first-order valence-electron chi connectivity index (χ1n) is 9.48. The van der Waals surface area contributed by atoms with Crippen LogP contribution >= 0.6 is 11.6 Å². The number of fused-ring (bicyclic) bond motifs is 1. The average molecular weight is 416 g/mol. The number of halogens is 1. The fourth-order valence-corrected chi connectivity index (χ4v) is 3.06. The maximum Gasteiger partial charge on any atom is 0.282 e. The molecule has 1 aromatic heterocycles. The minimum Gasteiger partial charge on any atom is -0.267 e. The van der Waals surface area contributed by atoms with Crippen molar-refractivity contribution >= 4 is 34.0 Å². The molecular weight excluding hydrogens is 398 g/mol. The lowest BCUT2D eigenvalue weighted by atomic mass is 10.2. The van der Waals surface area contributed by atoms with Crippen LogP contribution in [0.25, 0.3) is 10.9 Å². The van der Waals surface area contributed by atoms with E-state index >= 15 is 0 Å². The third-order valence-electron chi connectivity index (χ3n) is 4.45. The van der Waals surface area contributed by atoms with Gasteiger partial charge in [-0.2, -0.15) is 4.68 Å². The molecule has 0 aliphatic heterocycles. The molecule has 0 fully saturated rings. The van der Waals surface area contributed by atoms with E-state index in [2.05, 4.69) is 20.3 Å². The quantitative estimate of drug-likeness (QED) is 0.247. The molecule has 0 bridgehead atoms. The molecule has 0 aliphatic rings. The molecule has 7 heteroatoms. The number of aryl methyl sites for hydroxylation is 1. The normalized spacial score (nSPS) is 12.0. The summed E-state index contributed by atoms with van der Waals surface area (Å²) in [7, 11) is 0. The van der Waals surface area contributed by atoms with E-state index < -0.39 is 0 Å². The van der Waals surface area contributed by atoms with Crippen molar-refractivity contribution in [1.29, 1.82) is 0 Å². The summed E-state index contributed by atoms with van der Waals surface area (Å²) in [4.78, 5) is 17.7. The highest BCUT2D eigenvalue weighted by atomic mass is 35.5. The fourth-order valence-electron chi connectivity index (χ4n) is 2.93. The summed E-state index contributed by atoms with van der Waals surface area (Å²) < 4.78 is 1.31. The Kier molecular flexibility index (Phi) is 5.77. The number of benzene rings is 3. The zero-order valence-electron chi connectivity index (χ0n) is 16.2. The van der Waals surface area contributed by atoms with Gasteiger partial charge in [0.25, 0.3) is 5.56 Å². The van der Waals surface area contributed by atoms with Crippen molar-refractivity contribution in [2.75, 3.05) is 0 Å². The summed E-state index contributed by atoms with van der Waals surface area (Å²) in [6.07, 6.45) is 0.542. The molecular formula is C23H18ClN5O. The predicted octanol–water partition coefficient (Wildman–Crippen LogP) is 5.61. The van der Waals surface area contributed by atoms with Crippen LogP contribution in [0.3, 0.4) is 0 Å². The Balaban J connectivity index is 1.88. The summed E-state index contributed by atoms with van der Waals surface area (Å²) in [5, 5.41) is 14.3. The minimum absolute atomic E-state index is 0.243. The molecule has 1 heterocycles. The second-order valence-electron chi connectivity index (χ2n) is 6.48. The smallest absolute Gasteiger partial charge is 0.267 e. The molecule has 3 aromatic carbocycles. The number of azo groups is 1. The summed E-state index contributed by atoms with van der Waals surface area (Å²) in [5.74, 6) is 0.855. The van der Waals surface area contributed by atoms with Crippen molar-refractivity contribution in [2.45, 2.75) is 13.3 Å². The van der Waals surface area contributed by atoms with Gasteiger partial charge in [-0.1, -0.05) is 61.0 Å². The van der Waals surface area contributed by atoms with Gasteiger partial charge in [-0.05, 0) is 36.4 Å². The monoisotopic (exact) mass is 415 g/mol. The van der Waals surface area contributed by atoms with Gasteiger partial charge in [0.2, 0.25) is 5.84 Å². The van der Waals surface area contributed by atoms with Gasteiger partial charge in [0.15, 0.2) is 0 Å². The highest BCUT2D eigenvalue weighted by Gasteiger charge is 2.11. The molecule has 0 radical (unpaired) electrons. The van der Waals surface area contributed by atoms with Crippen LogP contribution in [0.5, 0.6) is 0 Å². The lowest BCUT2D eigenvalue weighted by molar-refractivity contribution is 0.729. The summed E-state index contributed by atoms with van der Waals surface area (Å²) in [5.41, 5.74) is 1.77. The maximum absolute atomic E-state index is 13.1. The molecule has 0 saturated carbocycles. The molecule has 0 saturated heterocycles. The van der Waals surface area contributed by atoms with E-state index in [1.807, 2.05) is 55.5 Å². The van der Waals surface area contributed by atoms with Crippen LogP contribution in [0.2, 0.25) is 5.02 Å². The first-order chi connectivity index (χ1) is 14.7. The van der Waals surface area contributed by atoms with E-state index in [4.69, 9.17) is 11.6 Å². The van der Waals surface area contributed by atoms with Gasteiger partial charge in [-0.15, -0.1) is 15.3 Å². The topological polar surface area (TPSA) is 72.0 Å².